The fourth-order valence-corrected chi connectivity index (χ4v) is 3.71. The molecular formula is C19H17ClN2O4S. The molecule has 0 N–H and O–H groups in total. The summed E-state index contributed by atoms with van der Waals surface area (Å²) in [6.07, 6.45) is 0. The van der Waals surface area contributed by atoms with E-state index in [0.29, 0.717) is 33.3 Å². The highest BCUT2D eigenvalue weighted by Crippen LogP contribution is 2.27. The number of amides is 1. The first kappa shape index (κ1) is 19.1. The average Bonchev–Trinajstić information content (AvgIpc) is 3.00. The van der Waals surface area contributed by atoms with Crippen LogP contribution in [0.5, 0.6) is 5.75 Å². The van der Waals surface area contributed by atoms with Gasteiger partial charge in [-0.25, -0.2) is 0 Å². The van der Waals surface area contributed by atoms with Crippen LogP contribution in [0, 0.1) is 0 Å². The van der Waals surface area contributed by atoms with Gasteiger partial charge in [0.2, 0.25) is 0 Å². The van der Waals surface area contributed by atoms with E-state index in [1.165, 1.54) is 18.4 Å². The standard InChI is InChI=1S/C19H17ClN2O4S/c1-3-26-14-5-4-6-15-17(14)22(11-16(23)25-2)19(27-15)21-18(24)12-7-9-13(20)10-8-12/h4-10H,3,11H2,1-2H3. The van der Waals surface area contributed by atoms with Crippen molar-refractivity contribution >= 4 is 45.0 Å². The number of carbonyl (C=O) groups is 2. The summed E-state index contributed by atoms with van der Waals surface area (Å²) in [5, 5.41) is 0.538. The molecule has 8 heteroatoms. The van der Waals surface area contributed by atoms with Crippen molar-refractivity contribution in [3.63, 3.8) is 0 Å². The summed E-state index contributed by atoms with van der Waals surface area (Å²) in [4.78, 5) is 29.1. The van der Waals surface area contributed by atoms with E-state index >= 15 is 0 Å². The predicted octanol–water partition coefficient (Wildman–Crippen LogP) is 3.67. The molecule has 27 heavy (non-hydrogen) atoms. The number of halogens is 1. The molecule has 1 amide bonds. The van der Waals surface area contributed by atoms with Gasteiger partial charge in [-0.3, -0.25) is 9.59 Å². The van der Waals surface area contributed by atoms with Gasteiger partial charge < -0.3 is 14.0 Å². The molecule has 0 aliphatic rings. The lowest BCUT2D eigenvalue weighted by Crippen LogP contribution is -2.22. The Balaban J connectivity index is 2.17. The van der Waals surface area contributed by atoms with Crippen molar-refractivity contribution < 1.29 is 19.1 Å². The molecule has 0 atom stereocenters. The van der Waals surface area contributed by atoms with Crippen molar-refractivity contribution in [3.8, 4) is 5.75 Å². The molecule has 1 heterocycles. The second kappa shape index (κ2) is 8.37. The third kappa shape index (κ3) is 4.20. The fraction of sp³-hybridized carbons (Fsp3) is 0.211. The van der Waals surface area contributed by atoms with Crippen LogP contribution in [0.3, 0.4) is 0 Å². The maximum absolute atomic E-state index is 12.6. The lowest BCUT2D eigenvalue weighted by atomic mass is 10.2. The van der Waals surface area contributed by atoms with E-state index in [2.05, 4.69) is 4.99 Å². The normalized spacial score (nSPS) is 11.6. The number of para-hydroxylation sites is 1. The maximum Gasteiger partial charge on any atom is 0.325 e. The highest BCUT2D eigenvalue weighted by Gasteiger charge is 2.16. The molecule has 0 saturated carbocycles. The molecule has 3 aromatic rings. The van der Waals surface area contributed by atoms with E-state index in [0.717, 1.165) is 4.70 Å². The van der Waals surface area contributed by atoms with Gasteiger partial charge in [0.1, 0.15) is 17.8 Å². The molecule has 0 aliphatic heterocycles. The Morgan fingerprint density at radius 1 is 1.19 bits per heavy atom. The molecule has 0 spiro atoms. The average molecular weight is 405 g/mol. The summed E-state index contributed by atoms with van der Waals surface area (Å²) in [6, 6.07) is 12.0. The Labute approximate surface area is 164 Å². The molecule has 2 aromatic carbocycles. The Morgan fingerprint density at radius 3 is 2.59 bits per heavy atom. The van der Waals surface area contributed by atoms with Crippen LogP contribution in [-0.4, -0.2) is 30.2 Å². The number of aromatic nitrogens is 1. The number of ether oxygens (including phenoxy) is 2. The molecule has 0 bridgehead atoms. The van der Waals surface area contributed by atoms with E-state index in [-0.39, 0.29) is 6.54 Å². The Hall–Kier alpha value is -2.64. The molecule has 6 nitrogen and oxygen atoms in total. The Bertz CT molecular complexity index is 1050. The van der Waals surface area contributed by atoms with Crippen molar-refractivity contribution in [1.29, 1.82) is 0 Å². The van der Waals surface area contributed by atoms with Crippen LogP contribution in [0.4, 0.5) is 0 Å². The molecule has 0 fully saturated rings. The molecule has 0 radical (unpaired) electrons. The summed E-state index contributed by atoms with van der Waals surface area (Å²) in [5.74, 6) is -0.244. The summed E-state index contributed by atoms with van der Waals surface area (Å²) < 4.78 is 13.0. The molecule has 0 unspecified atom stereocenters. The monoisotopic (exact) mass is 404 g/mol. The van der Waals surface area contributed by atoms with Gasteiger partial charge in [-0.2, -0.15) is 4.99 Å². The van der Waals surface area contributed by atoms with E-state index in [4.69, 9.17) is 21.1 Å². The predicted molar refractivity (Wildman–Crippen MR) is 104 cm³/mol. The van der Waals surface area contributed by atoms with Crippen LogP contribution in [0.15, 0.2) is 47.5 Å². The number of methoxy groups -OCH3 is 1. The van der Waals surface area contributed by atoms with Crippen LogP contribution in [0.25, 0.3) is 10.2 Å². The molecule has 0 aliphatic carbocycles. The van der Waals surface area contributed by atoms with E-state index in [1.54, 1.807) is 28.8 Å². The molecule has 3 rings (SSSR count). The second-order valence-electron chi connectivity index (χ2n) is 5.51. The number of rotatable bonds is 5. The zero-order valence-corrected chi connectivity index (χ0v) is 16.3. The number of nitrogens with zero attached hydrogens (tertiary/aromatic N) is 2. The molecule has 0 saturated heterocycles. The molecular weight excluding hydrogens is 388 g/mol. The van der Waals surface area contributed by atoms with Crippen LogP contribution < -0.4 is 9.54 Å². The van der Waals surface area contributed by atoms with Gasteiger partial charge in [-0.15, -0.1) is 0 Å². The first-order valence-electron chi connectivity index (χ1n) is 8.20. The topological polar surface area (TPSA) is 69.9 Å². The van der Waals surface area contributed by atoms with Gasteiger partial charge in [0, 0.05) is 10.6 Å². The minimum absolute atomic E-state index is 0.0761. The van der Waals surface area contributed by atoms with Gasteiger partial charge in [0.15, 0.2) is 4.80 Å². The number of fused-ring (bicyclic) bond motifs is 1. The largest absolute Gasteiger partial charge is 0.492 e. The number of thiazole rings is 1. The summed E-state index contributed by atoms with van der Waals surface area (Å²) in [5.41, 5.74) is 1.11. The van der Waals surface area contributed by atoms with Crippen LogP contribution in [0.2, 0.25) is 5.02 Å². The number of benzene rings is 2. The Kier molecular flexibility index (Phi) is 5.93. The van der Waals surface area contributed by atoms with E-state index in [1.807, 2.05) is 25.1 Å². The zero-order valence-electron chi connectivity index (χ0n) is 14.8. The third-order valence-electron chi connectivity index (χ3n) is 3.77. The highest BCUT2D eigenvalue weighted by atomic mass is 35.5. The van der Waals surface area contributed by atoms with Crippen molar-refractivity contribution in [1.82, 2.24) is 4.57 Å². The number of esters is 1. The first-order chi connectivity index (χ1) is 13.0. The maximum atomic E-state index is 12.6. The van der Waals surface area contributed by atoms with Gasteiger partial charge in [0.25, 0.3) is 5.91 Å². The number of hydrogen-bond donors (Lipinski definition) is 0. The number of hydrogen-bond acceptors (Lipinski definition) is 5. The van der Waals surface area contributed by atoms with Crippen molar-refractivity contribution in [2.45, 2.75) is 13.5 Å². The molecule has 1 aromatic heterocycles. The summed E-state index contributed by atoms with van der Waals surface area (Å²) in [6.45, 7) is 2.28. The first-order valence-corrected chi connectivity index (χ1v) is 9.39. The Morgan fingerprint density at radius 2 is 1.93 bits per heavy atom. The van der Waals surface area contributed by atoms with Gasteiger partial charge in [-0.1, -0.05) is 29.0 Å². The lowest BCUT2D eigenvalue weighted by molar-refractivity contribution is -0.141. The van der Waals surface area contributed by atoms with Crippen molar-refractivity contribution in [2.24, 2.45) is 4.99 Å². The molecule has 140 valence electrons. The third-order valence-corrected chi connectivity index (χ3v) is 5.06. The van der Waals surface area contributed by atoms with Crippen LogP contribution in [0.1, 0.15) is 17.3 Å². The van der Waals surface area contributed by atoms with Crippen molar-refractivity contribution in [2.75, 3.05) is 13.7 Å². The zero-order chi connectivity index (χ0) is 19.4. The quantitative estimate of drug-likeness (QED) is 0.608. The van der Waals surface area contributed by atoms with E-state index in [9.17, 15) is 9.59 Å². The summed E-state index contributed by atoms with van der Waals surface area (Å²) in [7, 11) is 1.32. The summed E-state index contributed by atoms with van der Waals surface area (Å²) >= 11 is 7.17. The van der Waals surface area contributed by atoms with Gasteiger partial charge in [0.05, 0.1) is 18.4 Å². The van der Waals surface area contributed by atoms with E-state index < -0.39 is 11.9 Å². The van der Waals surface area contributed by atoms with Crippen molar-refractivity contribution in [3.05, 3.63) is 57.9 Å². The highest BCUT2D eigenvalue weighted by molar-refractivity contribution is 7.16. The second-order valence-corrected chi connectivity index (χ2v) is 6.95. The lowest BCUT2D eigenvalue weighted by Gasteiger charge is -2.08. The SMILES string of the molecule is CCOc1cccc2sc(=NC(=O)c3ccc(Cl)cc3)n(CC(=O)OC)c12. The minimum Gasteiger partial charge on any atom is -0.492 e. The van der Waals surface area contributed by atoms with Gasteiger partial charge >= 0.3 is 5.97 Å². The van der Waals surface area contributed by atoms with Gasteiger partial charge in [-0.05, 0) is 43.3 Å². The van der Waals surface area contributed by atoms with Crippen LogP contribution >= 0.6 is 22.9 Å². The number of carbonyl (C=O) groups excluding carboxylic acids is 2. The van der Waals surface area contributed by atoms with Crippen LogP contribution in [-0.2, 0) is 16.1 Å². The smallest absolute Gasteiger partial charge is 0.325 e. The minimum atomic E-state index is -0.443. The fourth-order valence-electron chi connectivity index (χ4n) is 2.54.